The first-order valence-electron chi connectivity index (χ1n) is 4.31. The molecule has 1 rings (SSSR count). The second-order valence-electron chi connectivity index (χ2n) is 2.92. The molecule has 1 N–H and O–H groups in total. The van der Waals surface area contributed by atoms with Gasteiger partial charge < -0.3 is 10.1 Å². The molecular formula is C10H11Cl2NO2. The van der Waals surface area contributed by atoms with Crippen molar-refractivity contribution in [2.24, 2.45) is 0 Å². The van der Waals surface area contributed by atoms with Crippen LogP contribution < -0.4 is 10.1 Å². The molecule has 0 heterocycles. The smallest absolute Gasteiger partial charge is 0.180 e. The van der Waals surface area contributed by atoms with E-state index < -0.39 is 0 Å². The molecule has 0 spiro atoms. The molecule has 82 valence electrons. The number of hydrogen-bond acceptors (Lipinski definition) is 3. The normalized spacial score (nSPS) is 10.1. The minimum atomic E-state index is -0.112. The molecule has 0 aliphatic rings. The third kappa shape index (κ3) is 2.84. The molecule has 15 heavy (non-hydrogen) atoms. The molecule has 1 aromatic rings. The lowest BCUT2D eigenvalue weighted by atomic mass is 10.1. The minimum Gasteiger partial charge on any atom is -0.494 e. The molecule has 0 saturated heterocycles. The Balaban J connectivity index is 3.20. The Morgan fingerprint density at radius 2 is 2.13 bits per heavy atom. The molecule has 0 aliphatic carbocycles. The average Bonchev–Trinajstić information content (AvgIpc) is 2.17. The third-order valence-electron chi connectivity index (χ3n) is 1.85. The highest BCUT2D eigenvalue weighted by Gasteiger charge is 2.15. The highest BCUT2D eigenvalue weighted by Crippen LogP contribution is 2.32. The van der Waals surface area contributed by atoms with Gasteiger partial charge in [-0.25, -0.2) is 0 Å². The molecule has 1 aromatic carbocycles. The molecule has 0 amide bonds. The van der Waals surface area contributed by atoms with Crippen LogP contribution in [0.15, 0.2) is 12.1 Å². The van der Waals surface area contributed by atoms with Crippen LogP contribution in [0, 0.1) is 0 Å². The summed E-state index contributed by atoms with van der Waals surface area (Å²) in [5.41, 5.74) is 0.393. The third-order valence-corrected chi connectivity index (χ3v) is 2.35. The van der Waals surface area contributed by atoms with Crippen molar-refractivity contribution < 1.29 is 9.53 Å². The summed E-state index contributed by atoms with van der Waals surface area (Å²) in [4.78, 5) is 11.7. The summed E-state index contributed by atoms with van der Waals surface area (Å²) in [5.74, 6) is 0.250. The summed E-state index contributed by atoms with van der Waals surface area (Å²) >= 11 is 11.7. The number of rotatable bonds is 4. The largest absolute Gasteiger partial charge is 0.494 e. The second kappa shape index (κ2) is 5.35. The van der Waals surface area contributed by atoms with Crippen LogP contribution in [0.3, 0.4) is 0 Å². The van der Waals surface area contributed by atoms with Gasteiger partial charge in [-0.1, -0.05) is 23.2 Å². The maximum Gasteiger partial charge on any atom is 0.180 e. The lowest BCUT2D eigenvalue weighted by Crippen LogP contribution is -2.19. The Hall–Kier alpha value is -0.770. The fraction of sp³-hybridized carbons (Fsp3) is 0.300. The number of benzene rings is 1. The molecule has 0 radical (unpaired) electrons. The van der Waals surface area contributed by atoms with Crippen LogP contribution in [0.5, 0.6) is 5.75 Å². The number of carbonyl (C=O) groups is 1. The highest BCUT2D eigenvalue weighted by atomic mass is 35.5. The number of halogens is 2. The van der Waals surface area contributed by atoms with Gasteiger partial charge in [-0.3, -0.25) is 4.79 Å². The summed E-state index contributed by atoms with van der Waals surface area (Å²) < 4.78 is 5.06. The summed E-state index contributed by atoms with van der Waals surface area (Å²) in [6.45, 7) is 0.215. The average molecular weight is 248 g/mol. The SMILES string of the molecule is CNCC(=O)c1cc(Cl)cc(Cl)c1OC. The molecular weight excluding hydrogens is 237 g/mol. The number of methoxy groups -OCH3 is 1. The molecule has 5 heteroatoms. The van der Waals surface area contributed by atoms with Crippen LogP contribution in [-0.2, 0) is 0 Å². The van der Waals surface area contributed by atoms with Gasteiger partial charge in [0.1, 0.15) is 5.75 Å². The van der Waals surface area contributed by atoms with E-state index in [2.05, 4.69) is 5.32 Å². The molecule has 0 aliphatic heterocycles. The zero-order valence-electron chi connectivity index (χ0n) is 8.43. The van der Waals surface area contributed by atoms with Crippen LogP contribution in [0.4, 0.5) is 0 Å². The van der Waals surface area contributed by atoms with E-state index in [0.717, 1.165) is 0 Å². The predicted molar refractivity (Wildman–Crippen MR) is 61.3 cm³/mol. The molecule has 3 nitrogen and oxygen atoms in total. The van der Waals surface area contributed by atoms with Crippen molar-refractivity contribution in [2.75, 3.05) is 20.7 Å². The second-order valence-corrected chi connectivity index (χ2v) is 3.77. The maximum absolute atomic E-state index is 11.7. The van der Waals surface area contributed by atoms with Crippen molar-refractivity contribution in [2.45, 2.75) is 0 Å². The van der Waals surface area contributed by atoms with E-state index >= 15 is 0 Å². The van der Waals surface area contributed by atoms with Gasteiger partial charge in [0.2, 0.25) is 0 Å². The zero-order chi connectivity index (χ0) is 11.4. The van der Waals surface area contributed by atoms with Crippen LogP contribution in [0.2, 0.25) is 10.0 Å². The quantitative estimate of drug-likeness (QED) is 0.831. The number of Topliss-reactive ketones (excluding diaryl/α,β-unsaturated/α-hetero) is 1. The Morgan fingerprint density at radius 3 is 2.67 bits per heavy atom. The number of nitrogens with one attached hydrogen (secondary N) is 1. The lowest BCUT2D eigenvalue weighted by molar-refractivity contribution is 0.0990. The predicted octanol–water partition coefficient (Wildman–Crippen LogP) is 2.40. The number of carbonyl (C=O) groups excluding carboxylic acids is 1. The van der Waals surface area contributed by atoms with E-state index in [1.54, 1.807) is 13.1 Å². The van der Waals surface area contributed by atoms with Gasteiger partial charge >= 0.3 is 0 Å². The summed E-state index contributed by atoms with van der Waals surface area (Å²) in [6.07, 6.45) is 0. The van der Waals surface area contributed by atoms with Gasteiger partial charge in [-0.2, -0.15) is 0 Å². The Bertz CT molecular complexity index is 380. The van der Waals surface area contributed by atoms with Crippen LogP contribution in [0.25, 0.3) is 0 Å². The van der Waals surface area contributed by atoms with Crippen molar-refractivity contribution in [1.29, 1.82) is 0 Å². The minimum absolute atomic E-state index is 0.112. The Kier molecular flexibility index (Phi) is 4.39. The maximum atomic E-state index is 11.7. The first kappa shape index (κ1) is 12.3. The lowest BCUT2D eigenvalue weighted by Gasteiger charge is -2.09. The van der Waals surface area contributed by atoms with Gasteiger partial charge in [0.25, 0.3) is 0 Å². The van der Waals surface area contributed by atoms with E-state index in [1.165, 1.54) is 13.2 Å². The van der Waals surface area contributed by atoms with E-state index in [0.29, 0.717) is 21.4 Å². The molecule has 0 saturated carbocycles. The highest BCUT2D eigenvalue weighted by molar-refractivity contribution is 6.36. The van der Waals surface area contributed by atoms with Crippen LogP contribution >= 0.6 is 23.2 Å². The van der Waals surface area contributed by atoms with Crippen molar-refractivity contribution >= 4 is 29.0 Å². The number of ether oxygens (including phenoxy) is 1. The monoisotopic (exact) mass is 247 g/mol. The molecule has 0 aromatic heterocycles. The topological polar surface area (TPSA) is 38.3 Å². The molecule has 0 bridgehead atoms. The first-order valence-corrected chi connectivity index (χ1v) is 5.06. The van der Waals surface area contributed by atoms with Gasteiger partial charge in [0.15, 0.2) is 5.78 Å². The fourth-order valence-electron chi connectivity index (χ4n) is 1.23. The Morgan fingerprint density at radius 1 is 1.47 bits per heavy atom. The summed E-state index contributed by atoms with van der Waals surface area (Å²) in [7, 11) is 3.15. The summed E-state index contributed by atoms with van der Waals surface area (Å²) in [5, 5.41) is 3.52. The van der Waals surface area contributed by atoms with Gasteiger partial charge in [-0.05, 0) is 19.2 Å². The molecule has 0 unspecified atom stereocenters. The number of ketones is 1. The number of hydrogen-bond donors (Lipinski definition) is 1. The van der Waals surface area contributed by atoms with Crippen molar-refractivity contribution in [3.8, 4) is 5.75 Å². The van der Waals surface area contributed by atoms with E-state index in [4.69, 9.17) is 27.9 Å². The van der Waals surface area contributed by atoms with Crippen LogP contribution in [-0.4, -0.2) is 26.5 Å². The van der Waals surface area contributed by atoms with Crippen LogP contribution in [0.1, 0.15) is 10.4 Å². The standard InChI is InChI=1S/C10H11Cl2NO2/c1-13-5-9(14)7-3-6(11)4-8(12)10(7)15-2/h3-4,13H,5H2,1-2H3. The van der Waals surface area contributed by atoms with E-state index in [9.17, 15) is 4.79 Å². The van der Waals surface area contributed by atoms with Crippen molar-refractivity contribution in [3.05, 3.63) is 27.7 Å². The van der Waals surface area contributed by atoms with E-state index in [1.807, 2.05) is 0 Å². The molecule has 0 atom stereocenters. The zero-order valence-corrected chi connectivity index (χ0v) is 9.95. The molecule has 0 fully saturated rings. The van der Waals surface area contributed by atoms with Gasteiger partial charge in [0.05, 0.1) is 24.2 Å². The van der Waals surface area contributed by atoms with Gasteiger partial charge in [0, 0.05) is 5.02 Å². The first-order chi connectivity index (χ1) is 7.10. The van der Waals surface area contributed by atoms with Gasteiger partial charge in [-0.15, -0.1) is 0 Å². The summed E-state index contributed by atoms with van der Waals surface area (Å²) in [6, 6.07) is 3.09. The fourth-order valence-corrected chi connectivity index (χ4v) is 1.80. The Labute approximate surface area is 98.3 Å². The van der Waals surface area contributed by atoms with E-state index in [-0.39, 0.29) is 12.3 Å². The van der Waals surface area contributed by atoms with Crippen molar-refractivity contribution in [3.63, 3.8) is 0 Å². The van der Waals surface area contributed by atoms with Crippen molar-refractivity contribution in [1.82, 2.24) is 5.32 Å². The number of likely N-dealkylation sites (N-methyl/N-ethyl adjacent to an activating group) is 1.